The lowest BCUT2D eigenvalue weighted by Gasteiger charge is -2.12. The molecule has 5 heteroatoms. The zero-order valence-electron chi connectivity index (χ0n) is 16.3. The van der Waals surface area contributed by atoms with Crippen LogP contribution in [0.3, 0.4) is 0 Å². The standard InChI is InChI=1S/C24H21NO3S/c1-16-5-3-6-17(2)24(16)20-8-4-7-18(13-20)15-28-21-11-9-19(10-12-21)22-14-23(26)25-29(22)27/h3-14H,15H2,1-2H3,(H,25,26). The zero-order valence-corrected chi connectivity index (χ0v) is 17.1. The minimum atomic E-state index is -1.55. The van der Waals surface area contributed by atoms with Crippen molar-refractivity contribution >= 4 is 10.9 Å². The SMILES string of the molecule is Cc1cccc(C)c1-c1cccc(COc2ccc(-c3cc(O)n[s+]3[O-])cc2)c1. The third-order valence-electron chi connectivity index (χ3n) is 4.87. The second-order valence-electron chi connectivity index (χ2n) is 6.99. The maximum atomic E-state index is 11.8. The first-order valence-electron chi connectivity index (χ1n) is 9.31. The van der Waals surface area contributed by atoms with Crippen molar-refractivity contribution in [3.63, 3.8) is 0 Å². The van der Waals surface area contributed by atoms with Gasteiger partial charge >= 0.3 is 0 Å². The maximum absolute atomic E-state index is 11.8. The van der Waals surface area contributed by atoms with Gasteiger partial charge in [0, 0.05) is 9.94 Å². The van der Waals surface area contributed by atoms with Gasteiger partial charge in [0.2, 0.25) is 4.88 Å². The maximum Gasteiger partial charge on any atom is 0.270 e. The molecule has 3 aromatic carbocycles. The minimum absolute atomic E-state index is 0.206. The highest BCUT2D eigenvalue weighted by atomic mass is 32.2. The molecule has 4 nitrogen and oxygen atoms in total. The number of aromatic hydroxyl groups is 1. The predicted molar refractivity (Wildman–Crippen MR) is 116 cm³/mol. The van der Waals surface area contributed by atoms with E-state index >= 15 is 0 Å². The normalized spacial score (nSPS) is 11.5. The number of aromatic nitrogens is 1. The van der Waals surface area contributed by atoms with E-state index in [0.29, 0.717) is 11.5 Å². The molecule has 1 atom stereocenters. The molecule has 0 aliphatic carbocycles. The third-order valence-corrected chi connectivity index (χ3v) is 5.95. The van der Waals surface area contributed by atoms with Crippen molar-refractivity contribution in [3.05, 3.63) is 89.5 Å². The van der Waals surface area contributed by atoms with E-state index in [1.165, 1.54) is 28.3 Å². The summed E-state index contributed by atoms with van der Waals surface area (Å²) in [7, 11) is -1.55. The molecule has 1 heterocycles. The number of benzene rings is 3. The Balaban J connectivity index is 1.49. The van der Waals surface area contributed by atoms with Crippen molar-refractivity contribution in [2.45, 2.75) is 20.5 Å². The monoisotopic (exact) mass is 403 g/mol. The van der Waals surface area contributed by atoms with E-state index in [4.69, 9.17) is 4.74 Å². The highest BCUT2D eigenvalue weighted by molar-refractivity contribution is 7.23. The molecule has 0 saturated carbocycles. The van der Waals surface area contributed by atoms with Gasteiger partial charge in [-0.2, -0.15) is 0 Å². The summed E-state index contributed by atoms with van der Waals surface area (Å²) in [5.41, 5.74) is 6.81. The lowest BCUT2D eigenvalue weighted by Crippen LogP contribution is -1.96. The van der Waals surface area contributed by atoms with E-state index < -0.39 is 10.9 Å². The number of ether oxygens (including phenoxy) is 1. The number of hydrogen-bond donors (Lipinski definition) is 1. The molecule has 1 N–H and O–H groups in total. The lowest BCUT2D eigenvalue weighted by atomic mass is 9.95. The molecule has 0 radical (unpaired) electrons. The summed E-state index contributed by atoms with van der Waals surface area (Å²) in [5.74, 6) is 0.517. The van der Waals surface area contributed by atoms with Crippen molar-refractivity contribution in [2.24, 2.45) is 0 Å². The molecule has 0 aliphatic heterocycles. The minimum Gasteiger partial charge on any atom is -0.568 e. The molecule has 4 rings (SSSR count). The van der Waals surface area contributed by atoms with E-state index in [-0.39, 0.29) is 5.88 Å². The smallest absolute Gasteiger partial charge is 0.270 e. The molecule has 0 fully saturated rings. The fourth-order valence-corrected chi connectivity index (χ4v) is 4.35. The molecular weight excluding hydrogens is 382 g/mol. The average Bonchev–Trinajstić information content (AvgIpc) is 3.05. The first-order valence-corrected chi connectivity index (χ1v) is 10.4. The molecular formula is C24H21NO3S. The quantitative estimate of drug-likeness (QED) is 0.412. The second-order valence-corrected chi connectivity index (χ2v) is 8.11. The van der Waals surface area contributed by atoms with Gasteiger partial charge < -0.3 is 14.4 Å². The number of aryl methyl sites for hydroxylation is 2. The van der Waals surface area contributed by atoms with Crippen LogP contribution >= 0.6 is 10.9 Å². The topological polar surface area (TPSA) is 65.4 Å². The fourth-order valence-electron chi connectivity index (χ4n) is 3.48. The third kappa shape index (κ3) is 4.16. The van der Waals surface area contributed by atoms with Crippen LogP contribution in [0.15, 0.2) is 72.8 Å². The van der Waals surface area contributed by atoms with Crippen molar-refractivity contribution in [3.8, 4) is 33.2 Å². The van der Waals surface area contributed by atoms with Crippen LogP contribution in [0.1, 0.15) is 16.7 Å². The number of nitrogens with zero attached hydrogens (tertiary/aromatic N) is 1. The number of hydrogen-bond acceptors (Lipinski definition) is 4. The van der Waals surface area contributed by atoms with Crippen LogP contribution in [0, 0.1) is 13.8 Å². The van der Waals surface area contributed by atoms with Crippen LogP contribution in [0.2, 0.25) is 0 Å². The molecule has 1 unspecified atom stereocenters. The summed E-state index contributed by atoms with van der Waals surface area (Å²) in [6.45, 7) is 4.71. The van der Waals surface area contributed by atoms with Crippen LogP contribution in [0.25, 0.3) is 21.6 Å². The molecule has 29 heavy (non-hydrogen) atoms. The van der Waals surface area contributed by atoms with Crippen molar-refractivity contribution < 1.29 is 14.4 Å². The Hall–Kier alpha value is -3.15. The van der Waals surface area contributed by atoms with Gasteiger partial charge in [0.15, 0.2) is 0 Å². The van der Waals surface area contributed by atoms with Crippen LogP contribution < -0.4 is 4.74 Å². The molecule has 4 aromatic rings. The molecule has 0 spiro atoms. The van der Waals surface area contributed by atoms with Crippen molar-refractivity contribution in [2.75, 3.05) is 0 Å². The summed E-state index contributed by atoms with van der Waals surface area (Å²) < 4.78 is 21.4. The number of rotatable bonds is 5. The Kier molecular flexibility index (Phi) is 5.34. The Bertz CT molecular complexity index is 1130. The summed E-state index contributed by atoms with van der Waals surface area (Å²) in [4.78, 5) is 0.496. The van der Waals surface area contributed by atoms with E-state index in [1.807, 2.05) is 24.3 Å². The summed E-state index contributed by atoms with van der Waals surface area (Å²) in [6.07, 6.45) is 0. The summed E-state index contributed by atoms with van der Waals surface area (Å²) >= 11 is 0. The van der Waals surface area contributed by atoms with Gasteiger partial charge in [-0.15, -0.1) is 0 Å². The average molecular weight is 404 g/mol. The van der Waals surface area contributed by atoms with E-state index in [1.54, 1.807) is 0 Å². The highest BCUT2D eigenvalue weighted by Gasteiger charge is 2.14. The molecule has 0 amide bonds. The Morgan fingerprint density at radius 2 is 1.59 bits per heavy atom. The van der Waals surface area contributed by atoms with Crippen LogP contribution in [0.4, 0.5) is 0 Å². The van der Waals surface area contributed by atoms with E-state index in [2.05, 4.69) is 60.7 Å². The Morgan fingerprint density at radius 3 is 2.24 bits per heavy atom. The molecule has 0 bridgehead atoms. The highest BCUT2D eigenvalue weighted by Crippen LogP contribution is 2.34. The Morgan fingerprint density at radius 1 is 0.897 bits per heavy atom. The van der Waals surface area contributed by atoms with Gasteiger partial charge in [-0.1, -0.05) is 36.4 Å². The van der Waals surface area contributed by atoms with Crippen molar-refractivity contribution in [1.82, 2.24) is 4.37 Å². The van der Waals surface area contributed by atoms with Gasteiger partial charge in [-0.05, 0) is 72.0 Å². The van der Waals surface area contributed by atoms with E-state index in [9.17, 15) is 9.66 Å². The van der Waals surface area contributed by atoms with E-state index in [0.717, 1.165) is 16.9 Å². The first kappa shape index (κ1) is 19.2. The second kappa shape index (κ2) is 8.07. The van der Waals surface area contributed by atoms with Gasteiger partial charge in [0.05, 0.1) is 17.0 Å². The predicted octanol–water partition coefficient (Wildman–Crippen LogP) is 6.04. The zero-order chi connectivity index (χ0) is 20.4. The first-order chi connectivity index (χ1) is 14.0. The Labute approximate surface area is 173 Å². The summed E-state index contributed by atoms with van der Waals surface area (Å²) in [6, 6.07) is 23.5. The van der Waals surface area contributed by atoms with Gasteiger partial charge in [0.1, 0.15) is 12.4 Å². The largest absolute Gasteiger partial charge is 0.568 e. The molecule has 146 valence electrons. The fraction of sp³-hybridized carbons (Fsp3) is 0.125. The molecule has 0 aliphatic rings. The van der Waals surface area contributed by atoms with Crippen LogP contribution in [0.5, 0.6) is 11.6 Å². The van der Waals surface area contributed by atoms with Crippen LogP contribution in [-0.4, -0.2) is 14.0 Å². The summed E-state index contributed by atoms with van der Waals surface area (Å²) in [5, 5.41) is 9.39. The van der Waals surface area contributed by atoms with Gasteiger partial charge in [-0.25, -0.2) is 0 Å². The molecule has 1 aromatic heterocycles. The van der Waals surface area contributed by atoms with Gasteiger partial charge in [-0.3, -0.25) is 0 Å². The molecule has 0 saturated heterocycles. The van der Waals surface area contributed by atoms with Gasteiger partial charge in [0.25, 0.3) is 5.88 Å². The van der Waals surface area contributed by atoms with Crippen molar-refractivity contribution in [1.29, 1.82) is 0 Å². The van der Waals surface area contributed by atoms with Crippen LogP contribution in [-0.2, 0) is 6.61 Å². The lowest BCUT2D eigenvalue weighted by molar-refractivity contribution is 0.306.